The molecule has 1 N–H and O–H groups in total. The van der Waals surface area contributed by atoms with Crippen molar-refractivity contribution in [3.63, 3.8) is 0 Å². The molecule has 0 aliphatic carbocycles. The molecule has 0 saturated carbocycles. The topological polar surface area (TPSA) is 76.9 Å². The van der Waals surface area contributed by atoms with Gasteiger partial charge in [0.25, 0.3) is 0 Å². The number of carbonyl (C=O) groups excluding carboxylic acids is 1. The SMILES string of the molecule is C[S@@](=O)c1nncn1CCC(=O)Nc1cccc(F)c1. The van der Waals surface area contributed by atoms with Crippen molar-refractivity contribution in [3.8, 4) is 0 Å². The molecular weight excluding hydrogens is 283 g/mol. The first kappa shape index (κ1) is 14.3. The molecule has 1 atom stereocenters. The van der Waals surface area contributed by atoms with Gasteiger partial charge in [-0.05, 0) is 18.2 Å². The van der Waals surface area contributed by atoms with Crippen LogP contribution in [0.2, 0.25) is 0 Å². The van der Waals surface area contributed by atoms with E-state index in [4.69, 9.17) is 0 Å². The van der Waals surface area contributed by atoms with Crippen molar-refractivity contribution in [1.29, 1.82) is 0 Å². The number of hydrogen-bond donors (Lipinski definition) is 1. The zero-order valence-corrected chi connectivity index (χ0v) is 11.6. The first-order valence-electron chi connectivity index (χ1n) is 5.83. The first-order valence-corrected chi connectivity index (χ1v) is 7.38. The fourth-order valence-corrected chi connectivity index (χ4v) is 2.26. The van der Waals surface area contributed by atoms with Crippen LogP contribution in [-0.4, -0.2) is 31.1 Å². The lowest BCUT2D eigenvalue weighted by Crippen LogP contribution is -2.15. The number of rotatable bonds is 5. The Morgan fingerprint density at radius 2 is 2.30 bits per heavy atom. The van der Waals surface area contributed by atoms with Crippen molar-refractivity contribution in [1.82, 2.24) is 14.8 Å². The molecule has 0 saturated heterocycles. The van der Waals surface area contributed by atoms with Gasteiger partial charge in [0.1, 0.15) is 12.1 Å². The lowest BCUT2D eigenvalue weighted by Gasteiger charge is -2.06. The Labute approximate surface area is 117 Å². The van der Waals surface area contributed by atoms with Crippen LogP contribution in [-0.2, 0) is 22.1 Å². The van der Waals surface area contributed by atoms with Crippen LogP contribution in [0.5, 0.6) is 0 Å². The van der Waals surface area contributed by atoms with Gasteiger partial charge in [0.15, 0.2) is 0 Å². The van der Waals surface area contributed by atoms with E-state index in [-0.39, 0.29) is 12.3 Å². The number of aryl methyl sites for hydroxylation is 1. The second-order valence-corrected chi connectivity index (χ2v) is 5.34. The van der Waals surface area contributed by atoms with Crippen LogP contribution in [0.25, 0.3) is 0 Å². The minimum atomic E-state index is -1.26. The summed E-state index contributed by atoms with van der Waals surface area (Å²) >= 11 is 0. The van der Waals surface area contributed by atoms with E-state index in [1.165, 1.54) is 30.8 Å². The molecule has 0 radical (unpaired) electrons. The van der Waals surface area contributed by atoms with E-state index in [1.54, 1.807) is 10.6 Å². The largest absolute Gasteiger partial charge is 0.326 e. The molecule has 1 aromatic heterocycles. The van der Waals surface area contributed by atoms with Crippen LogP contribution >= 0.6 is 0 Å². The van der Waals surface area contributed by atoms with Gasteiger partial charge in [0.2, 0.25) is 11.1 Å². The van der Waals surface area contributed by atoms with Gasteiger partial charge in [0, 0.05) is 24.9 Å². The van der Waals surface area contributed by atoms with E-state index in [2.05, 4.69) is 15.5 Å². The summed E-state index contributed by atoms with van der Waals surface area (Å²) in [7, 11) is -1.26. The number of carbonyl (C=O) groups is 1. The summed E-state index contributed by atoms with van der Waals surface area (Å²) < 4.78 is 25.9. The van der Waals surface area contributed by atoms with Crippen molar-refractivity contribution < 1.29 is 13.4 Å². The predicted molar refractivity (Wildman–Crippen MR) is 72.0 cm³/mol. The standard InChI is InChI=1S/C12H13FN4O2S/c1-20(19)12-16-14-8-17(12)6-5-11(18)15-10-4-2-3-9(13)7-10/h2-4,7-8H,5-6H2,1H3,(H,15,18)/t20-/m1/s1. The van der Waals surface area contributed by atoms with Gasteiger partial charge >= 0.3 is 0 Å². The molecule has 8 heteroatoms. The van der Waals surface area contributed by atoms with Crippen molar-refractivity contribution >= 4 is 22.4 Å². The minimum Gasteiger partial charge on any atom is -0.326 e. The fraction of sp³-hybridized carbons (Fsp3) is 0.250. The van der Waals surface area contributed by atoms with Crippen LogP contribution in [0.15, 0.2) is 35.7 Å². The highest BCUT2D eigenvalue weighted by molar-refractivity contribution is 7.84. The molecule has 0 bridgehead atoms. The molecule has 1 amide bonds. The normalized spacial score (nSPS) is 12.1. The third kappa shape index (κ3) is 3.70. The van der Waals surface area contributed by atoms with E-state index in [0.29, 0.717) is 17.4 Å². The van der Waals surface area contributed by atoms with E-state index in [0.717, 1.165) is 0 Å². The molecule has 0 aliphatic rings. The van der Waals surface area contributed by atoms with Gasteiger partial charge in [-0.1, -0.05) is 6.07 Å². The Bertz CT molecular complexity index is 644. The number of benzene rings is 1. The van der Waals surface area contributed by atoms with E-state index in [9.17, 15) is 13.4 Å². The van der Waals surface area contributed by atoms with Crippen LogP contribution in [0, 0.1) is 5.82 Å². The summed E-state index contributed by atoms with van der Waals surface area (Å²) in [6, 6.07) is 5.66. The fourth-order valence-electron chi connectivity index (χ4n) is 1.63. The highest BCUT2D eigenvalue weighted by Crippen LogP contribution is 2.10. The zero-order chi connectivity index (χ0) is 14.5. The number of nitrogens with zero attached hydrogens (tertiary/aromatic N) is 3. The highest BCUT2D eigenvalue weighted by Gasteiger charge is 2.10. The lowest BCUT2D eigenvalue weighted by molar-refractivity contribution is -0.116. The van der Waals surface area contributed by atoms with Crippen LogP contribution in [0.3, 0.4) is 0 Å². The third-order valence-corrected chi connectivity index (χ3v) is 3.36. The highest BCUT2D eigenvalue weighted by atomic mass is 32.2. The van der Waals surface area contributed by atoms with Crippen LogP contribution < -0.4 is 5.32 Å². The summed E-state index contributed by atoms with van der Waals surface area (Å²) in [5.74, 6) is -0.678. The van der Waals surface area contributed by atoms with Gasteiger partial charge < -0.3 is 9.88 Å². The van der Waals surface area contributed by atoms with E-state index in [1.807, 2.05) is 0 Å². The molecule has 20 heavy (non-hydrogen) atoms. The molecule has 2 rings (SSSR count). The number of nitrogens with one attached hydrogen (secondary N) is 1. The molecule has 106 valence electrons. The molecule has 1 aromatic carbocycles. The Hall–Kier alpha value is -2.09. The van der Waals surface area contributed by atoms with Gasteiger partial charge in [-0.3, -0.25) is 9.00 Å². The number of halogens is 1. The average Bonchev–Trinajstić information content (AvgIpc) is 2.85. The number of anilines is 1. The van der Waals surface area contributed by atoms with Crippen molar-refractivity contribution in [2.75, 3.05) is 11.6 Å². The smallest absolute Gasteiger partial charge is 0.226 e. The third-order valence-electron chi connectivity index (χ3n) is 2.53. The van der Waals surface area contributed by atoms with Gasteiger partial charge in [-0.2, -0.15) is 0 Å². The van der Waals surface area contributed by atoms with Crippen molar-refractivity contribution in [2.24, 2.45) is 0 Å². The quantitative estimate of drug-likeness (QED) is 0.899. The molecule has 0 aliphatic heterocycles. The van der Waals surface area contributed by atoms with E-state index < -0.39 is 16.6 Å². The lowest BCUT2D eigenvalue weighted by atomic mass is 10.3. The zero-order valence-electron chi connectivity index (χ0n) is 10.7. The maximum atomic E-state index is 13.0. The molecular formula is C12H13FN4O2S. The summed E-state index contributed by atoms with van der Waals surface area (Å²) in [4.78, 5) is 11.7. The van der Waals surface area contributed by atoms with E-state index >= 15 is 0 Å². The maximum Gasteiger partial charge on any atom is 0.226 e. The monoisotopic (exact) mass is 296 g/mol. The van der Waals surface area contributed by atoms with Gasteiger partial charge in [-0.25, -0.2) is 4.39 Å². The molecule has 0 unspecified atom stereocenters. The van der Waals surface area contributed by atoms with Gasteiger partial charge in [-0.15, -0.1) is 10.2 Å². The van der Waals surface area contributed by atoms with Crippen LogP contribution in [0.1, 0.15) is 6.42 Å². The van der Waals surface area contributed by atoms with Gasteiger partial charge in [0.05, 0.1) is 10.8 Å². The second kappa shape index (κ2) is 6.38. The number of hydrogen-bond acceptors (Lipinski definition) is 4. The van der Waals surface area contributed by atoms with Crippen molar-refractivity contribution in [2.45, 2.75) is 18.1 Å². The summed E-state index contributed by atoms with van der Waals surface area (Å²) in [6.45, 7) is 0.309. The Morgan fingerprint density at radius 3 is 3.00 bits per heavy atom. The molecule has 1 heterocycles. The summed E-state index contributed by atoms with van der Waals surface area (Å²) in [6.07, 6.45) is 3.07. The molecule has 2 aromatic rings. The molecule has 0 spiro atoms. The average molecular weight is 296 g/mol. The number of amides is 1. The predicted octanol–water partition coefficient (Wildman–Crippen LogP) is 1.18. The second-order valence-electron chi connectivity index (χ2n) is 4.07. The van der Waals surface area contributed by atoms with Crippen molar-refractivity contribution in [3.05, 3.63) is 36.4 Å². The van der Waals surface area contributed by atoms with Crippen LogP contribution in [0.4, 0.5) is 10.1 Å². The summed E-state index contributed by atoms with van der Waals surface area (Å²) in [5, 5.41) is 10.3. The molecule has 6 nitrogen and oxygen atoms in total. The Balaban J connectivity index is 1.92. The molecule has 0 fully saturated rings. The Morgan fingerprint density at radius 1 is 1.50 bits per heavy atom. The minimum absolute atomic E-state index is 0.152. The number of aromatic nitrogens is 3. The maximum absolute atomic E-state index is 13.0. The first-order chi connectivity index (χ1) is 9.56. The Kier molecular flexibility index (Phi) is 4.57. The summed E-state index contributed by atoms with van der Waals surface area (Å²) in [5.41, 5.74) is 0.401.